The van der Waals surface area contributed by atoms with Crippen molar-refractivity contribution in [1.82, 2.24) is 0 Å². The van der Waals surface area contributed by atoms with Crippen molar-refractivity contribution in [2.24, 2.45) is 0 Å². The molecular weight excluding hydrogens is 264 g/mol. The molecule has 0 aliphatic rings. The zero-order chi connectivity index (χ0) is 13.1. The van der Waals surface area contributed by atoms with Gasteiger partial charge in [0.15, 0.2) is 0 Å². The zero-order valence-electron chi connectivity index (χ0n) is 10.3. The van der Waals surface area contributed by atoms with Gasteiger partial charge in [0, 0.05) is 0 Å². The minimum absolute atomic E-state index is 0.597. The Bertz CT molecular complexity index is 531. The smallest absolute Gasteiger partial charge is 0.148 e. The predicted molar refractivity (Wildman–Crippen MR) is 75.2 cm³/mol. The molecule has 18 heavy (non-hydrogen) atoms. The highest BCUT2D eigenvalue weighted by molar-refractivity contribution is 8.61. The lowest BCUT2D eigenvalue weighted by Gasteiger charge is -2.03. The average Bonchev–Trinajstić information content (AvgIpc) is 2.39. The van der Waals surface area contributed by atoms with E-state index in [1.165, 1.54) is 0 Å². The van der Waals surface area contributed by atoms with E-state index in [4.69, 9.17) is 0 Å². The Hall–Kier alpha value is -1.26. The Morgan fingerprint density at radius 1 is 0.611 bits per heavy atom. The van der Waals surface area contributed by atoms with E-state index in [0.717, 1.165) is 11.1 Å². The van der Waals surface area contributed by atoms with E-state index < -0.39 is 19.7 Å². The van der Waals surface area contributed by atoms with Crippen LogP contribution in [0.15, 0.2) is 58.3 Å². The van der Waals surface area contributed by atoms with Crippen LogP contribution in [0.1, 0.15) is 11.1 Å². The van der Waals surface area contributed by atoms with Crippen molar-refractivity contribution in [1.29, 1.82) is 0 Å². The lowest BCUT2D eigenvalue weighted by Crippen LogP contribution is -2.01. The van der Waals surface area contributed by atoms with Crippen molar-refractivity contribution in [2.75, 3.05) is 0 Å². The van der Waals surface area contributed by atoms with Crippen molar-refractivity contribution in [3.63, 3.8) is 0 Å². The normalized spacial score (nSPS) is 14.1. The fourth-order valence-corrected chi connectivity index (χ4v) is 4.26. The molecule has 2 nitrogen and oxygen atoms in total. The van der Waals surface area contributed by atoms with Gasteiger partial charge in [-0.05, 0) is 38.1 Å². The van der Waals surface area contributed by atoms with Crippen LogP contribution in [0.3, 0.4) is 0 Å². The number of hydrogen-bond acceptors (Lipinski definition) is 2. The van der Waals surface area contributed by atoms with Crippen LogP contribution in [-0.4, -0.2) is 8.42 Å². The van der Waals surface area contributed by atoms with Crippen molar-refractivity contribution >= 4 is 19.7 Å². The first-order chi connectivity index (χ1) is 8.58. The Labute approximate surface area is 111 Å². The molecule has 2 aromatic carbocycles. The molecule has 2 atom stereocenters. The highest BCUT2D eigenvalue weighted by Crippen LogP contribution is 2.17. The molecule has 0 aliphatic carbocycles. The topological polar surface area (TPSA) is 34.1 Å². The van der Waals surface area contributed by atoms with Gasteiger partial charge in [0.25, 0.3) is 0 Å². The van der Waals surface area contributed by atoms with Gasteiger partial charge >= 0.3 is 0 Å². The summed E-state index contributed by atoms with van der Waals surface area (Å²) < 4.78 is 24.3. The van der Waals surface area contributed by atoms with Crippen LogP contribution < -0.4 is 0 Å². The summed E-state index contributed by atoms with van der Waals surface area (Å²) in [6, 6.07) is 14.5. The van der Waals surface area contributed by atoms with Gasteiger partial charge in [-0.3, -0.25) is 0 Å². The Morgan fingerprint density at radius 3 is 1.17 bits per heavy atom. The summed E-state index contributed by atoms with van der Waals surface area (Å²) >= 11 is 0. The van der Waals surface area contributed by atoms with Crippen LogP contribution in [0.2, 0.25) is 0 Å². The monoisotopic (exact) mass is 278 g/mol. The summed E-state index contributed by atoms with van der Waals surface area (Å²) in [4.78, 5) is 1.19. The van der Waals surface area contributed by atoms with Crippen molar-refractivity contribution in [3.05, 3.63) is 59.7 Å². The Kier molecular flexibility index (Phi) is 4.09. The Morgan fingerprint density at radius 2 is 0.889 bits per heavy atom. The van der Waals surface area contributed by atoms with E-state index >= 15 is 0 Å². The highest BCUT2D eigenvalue weighted by atomic mass is 33.1. The fraction of sp³-hybridized carbons (Fsp3) is 0.143. The molecule has 0 saturated heterocycles. The Balaban J connectivity index is 2.26. The molecule has 94 valence electrons. The molecule has 0 heterocycles. The van der Waals surface area contributed by atoms with Crippen molar-refractivity contribution in [3.8, 4) is 0 Å². The van der Waals surface area contributed by atoms with E-state index in [2.05, 4.69) is 0 Å². The van der Waals surface area contributed by atoms with Crippen molar-refractivity contribution < 1.29 is 8.42 Å². The van der Waals surface area contributed by atoms with Crippen LogP contribution in [0, 0.1) is 13.8 Å². The van der Waals surface area contributed by atoms with Gasteiger partial charge in [-0.1, -0.05) is 35.4 Å². The average molecular weight is 278 g/mol. The standard InChI is InChI=1S/C14H14O2S2/c1-11-3-7-13(8-4-11)17(15)18(16)14-9-5-12(2)6-10-14/h3-10H,1-2H3/t17-,18+. The molecule has 0 spiro atoms. The maximum atomic E-state index is 12.2. The van der Waals surface area contributed by atoms with Gasteiger partial charge in [-0.2, -0.15) is 0 Å². The number of benzene rings is 2. The number of rotatable bonds is 3. The second-order valence-electron chi connectivity index (χ2n) is 4.10. The lowest BCUT2D eigenvalue weighted by molar-refractivity contribution is 0.676. The third-order valence-corrected chi connectivity index (χ3v) is 6.13. The van der Waals surface area contributed by atoms with Gasteiger partial charge in [-0.15, -0.1) is 0 Å². The highest BCUT2D eigenvalue weighted by Gasteiger charge is 2.14. The van der Waals surface area contributed by atoms with Gasteiger partial charge < -0.3 is 0 Å². The summed E-state index contributed by atoms with van der Waals surface area (Å²) in [6.45, 7) is 3.92. The second-order valence-corrected chi connectivity index (χ2v) is 7.79. The first-order valence-electron chi connectivity index (χ1n) is 5.55. The molecule has 2 rings (SSSR count). The first-order valence-corrected chi connectivity index (χ1v) is 8.37. The van der Waals surface area contributed by atoms with Gasteiger partial charge in [0.1, 0.15) is 19.7 Å². The minimum atomic E-state index is -1.52. The first kappa shape index (κ1) is 13.2. The molecule has 2 aromatic rings. The predicted octanol–water partition coefficient (Wildman–Crippen LogP) is 3.13. The number of hydrogen-bond donors (Lipinski definition) is 0. The van der Waals surface area contributed by atoms with E-state index in [1.54, 1.807) is 24.3 Å². The lowest BCUT2D eigenvalue weighted by atomic mass is 10.2. The zero-order valence-corrected chi connectivity index (χ0v) is 11.9. The van der Waals surface area contributed by atoms with E-state index in [1.807, 2.05) is 38.1 Å². The van der Waals surface area contributed by atoms with Crippen LogP contribution >= 0.6 is 0 Å². The molecule has 0 N–H and O–H groups in total. The second kappa shape index (κ2) is 5.59. The van der Waals surface area contributed by atoms with Crippen LogP contribution in [0.5, 0.6) is 0 Å². The summed E-state index contributed by atoms with van der Waals surface area (Å²) in [5.74, 6) is 0. The van der Waals surface area contributed by atoms with Gasteiger partial charge in [0.05, 0.1) is 9.79 Å². The maximum absolute atomic E-state index is 12.2. The van der Waals surface area contributed by atoms with Gasteiger partial charge in [0.2, 0.25) is 0 Å². The molecule has 0 unspecified atom stereocenters. The molecule has 0 aliphatic heterocycles. The molecular formula is C14H14O2S2. The summed E-state index contributed by atoms with van der Waals surface area (Å²) in [5.41, 5.74) is 2.19. The molecule has 0 fully saturated rings. The van der Waals surface area contributed by atoms with E-state index in [0.29, 0.717) is 9.79 Å². The summed E-state index contributed by atoms with van der Waals surface area (Å²) in [7, 11) is -3.04. The van der Waals surface area contributed by atoms with Crippen LogP contribution in [0.4, 0.5) is 0 Å². The molecule has 4 heteroatoms. The third kappa shape index (κ3) is 2.94. The molecule has 0 aromatic heterocycles. The SMILES string of the molecule is Cc1ccc([S@@](=O)[S@@](=O)c2ccc(C)cc2)cc1. The fourth-order valence-electron chi connectivity index (χ4n) is 1.47. The molecule has 0 amide bonds. The third-order valence-electron chi connectivity index (χ3n) is 2.56. The summed E-state index contributed by atoms with van der Waals surface area (Å²) in [6.07, 6.45) is 0. The molecule has 0 radical (unpaired) electrons. The molecule has 0 bridgehead atoms. The largest absolute Gasteiger partial charge is 0.240 e. The number of aryl methyl sites for hydroxylation is 2. The molecule has 0 saturated carbocycles. The quantitative estimate of drug-likeness (QED) is 0.808. The van der Waals surface area contributed by atoms with Gasteiger partial charge in [-0.25, -0.2) is 8.42 Å². The van der Waals surface area contributed by atoms with Crippen LogP contribution in [0.25, 0.3) is 0 Å². The summed E-state index contributed by atoms with van der Waals surface area (Å²) in [5, 5.41) is 0. The van der Waals surface area contributed by atoms with E-state index in [9.17, 15) is 8.42 Å². The maximum Gasteiger partial charge on any atom is 0.148 e. The van der Waals surface area contributed by atoms with Crippen molar-refractivity contribution in [2.45, 2.75) is 23.6 Å². The minimum Gasteiger partial charge on any atom is -0.240 e. The van der Waals surface area contributed by atoms with Crippen LogP contribution in [-0.2, 0) is 19.7 Å². The van der Waals surface area contributed by atoms with E-state index in [-0.39, 0.29) is 0 Å².